The zero-order chi connectivity index (χ0) is 22.4. The number of amides is 1. The number of hydrogen-bond acceptors (Lipinski definition) is 5. The Hall–Kier alpha value is -2.51. The van der Waals surface area contributed by atoms with Crippen LogP contribution in [0.25, 0.3) is 0 Å². The summed E-state index contributed by atoms with van der Waals surface area (Å²) in [7, 11) is 1.86. The highest BCUT2D eigenvalue weighted by Crippen LogP contribution is 2.29. The van der Waals surface area contributed by atoms with Gasteiger partial charge in [-0.15, -0.1) is 10.2 Å². The first-order valence-electron chi connectivity index (χ1n) is 10.2. The van der Waals surface area contributed by atoms with Crippen LogP contribution in [0.4, 0.5) is 5.69 Å². The van der Waals surface area contributed by atoms with Gasteiger partial charge in [-0.05, 0) is 43.0 Å². The Balaban J connectivity index is 1.63. The summed E-state index contributed by atoms with van der Waals surface area (Å²) >= 11 is 7.49. The fourth-order valence-electron chi connectivity index (χ4n) is 2.98. The van der Waals surface area contributed by atoms with Crippen LogP contribution in [-0.2, 0) is 18.4 Å². The van der Waals surface area contributed by atoms with E-state index in [-0.39, 0.29) is 17.8 Å². The Bertz CT molecular complexity index is 1040. The molecule has 3 aromatic rings. The number of para-hydroxylation sites is 2. The van der Waals surface area contributed by atoms with Crippen LogP contribution in [0.15, 0.2) is 53.7 Å². The SMILES string of the molecule is CCC(C)c1ccccc1NC(=O)C(C)Sc1nnc(COc2ccccc2Cl)n1C. The zero-order valence-electron chi connectivity index (χ0n) is 18.1. The lowest BCUT2D eigenvalue weighted by Crippen LogP contribution is -2.23. The lowest BCUT2D eigenvalue weighted by molar-refractivity contribution is -0.115. The molecule has 0 bridgehead atoms. The highest BCUT2D eigenvalue weighted by atomic mass is 35.5. The lowest BCUT2D eigenvalue weighted by Gasteiger charge is -2.17. The van der Waals surface area contributed by atoms with Crippen molar-refractivity contribution in [2.24, 2.45) is 7.05 Å². The molecule has 0 aliphatic carbocycles. The van der Waals surface area contributed by atoms with E-state index in [2.05, 4.69) is 35.4 Å². The predicted molar refractivity (Wildman–Crippen MR) is 126 cm³/mol. The Morgan fingerprint density at radius 3 is 2.61 bits per heavy atom. The molecule has 1 heterocycles. The number of nitrogens with one attached hydrogen (secondary N) is 1. The van der Waals surface area contributed by atoms with E-state index in [1.54, 1.807) is 12.1 Å². The Labute approximate surface area is 192 Å². The third kappa shape index (κ3) is 5.80. The monoisotopic (exact) mass is 458 g/mol. The number of anilines is 1. The van der Waals surface area contributed by atoms with E-state index in [1.807, 2.05) is 48.9 Å². The molecule has 0 fully saturated rings. The maximum atomic E-state index is 12.8. The largest absolute Gasteiger partial charge is 0.484 e. The average molecular weight is 459 g/mol. The second-order valence-corrected chi connectivity index (χ2v) is 9.04. The molecule has 164 valence electrons. The van der Waals surface area contributed by atoms with Crippen molar-refractivity contribution in [1.82, 2.24) is 14.8 Å². The number of rotatable bonds is 9. The molecule has 1 aromatic heterocycles. The number of aromatic nitrogens is 3. The van der Waals surface area contributed by atoms with E-state index < -0.39 is 0 Å². The molecule has 2 atom stereocenters. The van der Waals surface area contributed by atoms with Crippen molar-refractivity contribution in [3.8, 4) is 5.75 Å². The van der Waals surface area contributed by atoms with Crippen molar-refractivity contribution in [2.45, 2.75) is 50.1 Å². The molecule has 1 N–H and O–H groups in total. The van der Waals surface area contributed by atoms with Gasteiger partial charge in [-0.1, -0.05) is 67.5 Å². The van der Waals surface area contributed by atoms with Crippen LogP contribution < -0.4 is 10.1 Å². The van der Waals surface area contributed by atoms with Gasteiger partial charge in [0.2, 0.25) is 5.91 Å². The quantitative estimate of drug-likeness (QED) is 0.418. The first kappa shape index (κ1) is 23.2. The number of hydrogen-bond donors (Lipinski definition) is 1. The van der Waals surface area contributed by atoms with Gasteiger partial charge in [-0.25, -0.2) is 0 Å². The van der Waals surface area contributed by atoms with Crippen LogP contribution in [0.2, 0.25) is 5.02 Å². The van der Waals surface area contributed by atoms with Gasteiger partial charge in [0.1, 0.15) is 12.4 Å². The van der Waals surface area contributed by atoms with E-state index in [1.165, 1.54) is 11.8 Å². The molecule has 8 heteroatoms. The number of nitrogens with zero attached hydrogens (tertiary/aromatic N) is 3. The number of halogens is 1. The zero-order valence-corrected chi connectivity index (χ0v) is 19.7. The Morgan fingerprint density at radius 1 is 1.16 bits per heavy atom. The summed E-state index contributed by atoms with van der Waals surface area (Å²) in [5.74, 6) is 1.54. The minimum Gasteiger partial charge on any atom is -0.484 e. The maximum absolute atomic E-state index is 12.8. The standard InChI is InChI=1S/C23H27ClN4O2S/c1-5-15(2)17-10-6-8-12-19(17)25-22(29)16(3)31-23-27-26-21(28(23)4)14-30-20-13-9-7-11-18(20)24/h6-13,15-16H,5,14H2,1-4H3,(H,25,29). The van der Waals surface area contributed by atoms with E-state index in [0.29, 0.717) is 27.7 Å². The Morgan fingerprint density at radius 2 is 1.87 bits per heavy atom. The molecule has 0 aliphatic rings. The van der Waals surface area contributed by atoms with Gasteiger partial charge in [0, 0.05) is 12.7 Å². The van der Waals surface area contributed by atoms with Crippen LogP contribution in [-0.4, -0.2) is 25.9 Å². The van der Waals surface area contributed by atoms with Crippen molar-refractivity contribution < 1.29 is 9.53 Å². The molecule has 0 aliphatic heterocycles. The minimum absolute atomic E-state index is 0.0716. The summed E-state index contributed by atoms with van der Waals surface area (Å²) in [6, 6.07) is 15.2. The molecular formula is C23H27ClN4O2S. The fourth-order valence-corrected chi connectivity index (χ4v) is 4.01. The average Bonchev–Trinajstić information content (AvgIpc) is 3.12. The van der Waals surface area contributed by atoms with E-state index >= 15 is 0 Å². The second kappa shape index (κ2) is 10.7. The highest BCUT2D eigenvalue weighted by molar-refractivity contribution is 8.00. The molecule has 2 unspecified atom stereocenters. The molecule has 0 radical (unpaired) electrons. The molecule has 2 aromatic carbocycles. The van der Waals surface area contributed by atoms with E-state index in [0.717, 1.165) is 17.7 Å². The molecule has 0 saturated carbocycles. The third-order valence-corrected chi connectivity index (χ3v) is 6.58. The minimum atomic E-state index is -0.342. The van der Waals surface area contributed by atoms with Crippen LogP contribution >= 0.6 is 23.4 Å². The van der Waals surface area contributed by atoms with Crippen LogP contribution in [0, 0.1) is 0 Å². The summed E-state index contributed by atoms with van der Waals surface area (Å²) < 4.78 is 7.58. The Kier molecular flexibility index (Phi) is 7.98. The summed E-state index contributed by atoms with van der Waals surface area (Å²) in [6.45, 7) is 6.40. The van der Waals surface area contributed by atoms with Crippen molar-refractivity contribution in [1.29, 1.82) is 0 Å². The van der Waals surface area contributed by atoms with Crippen LogP contribution in [0.3, 0.4) is 0 Å². The molecule has 3 rings (SSSR count). The molecular weight excluding hydrogens is 432 g/mol. The van der Waals surface area contributed by atoms with Gasteiger partial charge in [-0.2, -0.15) is 0 Å². The van der Waals surface area contributed by atoms with Crippen molar-refractivity contribution in [3.05, 3.63) is 64.9 Å². The number of benzene rings is 2. The molecule has 0 spiro atoms. The first-order chi connectivity index (χ1) is 14.9. The molecule has 31 heavy (non-hydrogen) atoms. The van der Waals surface area contributed by atoms with Gasteiger partial charge < -0.3 is 14.6 Å². The van der Waals surface area contributed by atoms with Crippen LogP contribution in [0.5, 0.6) is 5.75 Å². The van der Waals surface area contributed by atoms with E-state index in [9.17, 15) is 4.79 Å². The first-order valence-corrected chi connectivity index (χ1v) is 11.5. The smallest absolute Gasteiger partial charge is 0.237 e. The number of carbonyl (C=O) groups excluding carboxylic acids is 1. The van der Waals surface area contributed by atoms with Crippen molar-refractivity contribution in [3.63, 3.8) is 0 Å². The predicted octanol–water partition coefficient (Wildman–Crippen LogP) is 5.68. The summed E-state index contributed by atoms with van der Waals surface area (Å²) in [6.07, 6.45) is 1.01. The highest BCUT2D eigenvalue weighted by Gasteiger charge is 2.20. The van der Waals surface area contributed by atoms with Gasteiger partial charge in [0.05, 0.1) is 10.3 Å². The molecule has 1 amide bonds. The van der Waals surface area contributed by atoms with Crippen LogP contribution in [0.1, 0.15) is 44.5 Å². The topological polar surface area (TPSA) is 69.0 Å². The summed E-state index contributed by atoms with van der Waals surface area (Å²) in [4.78, 5) is 12.8. The second-order valence-electron chi connectivity index (χ2n) is 7.32. The molecule has 6 nitrogen and oxygen atoms in total. The van der Waals surface area contributed by atoms with Gasteiger partial charge in [0.25, 0.3) is 0 Å². The van der Waals surface area contributed by atoms with Gasteiger partial charge >= 0.3 is 0 Å². The number of carbonyl (C=O) groups is 1. The summed E-state index contributed by atoms with van der Waals surface area (Å²) in [5, 5.41) is 12.3. The fraction of sp³-hybridized carbons (Fsp3) is 0.348. The summed E-state index contributed by atoms with van der Waals surface area (Å²) in [5.41, 5.74) is 2.01. The normalized spacial score (nSPS) is 12.9. The van der Waals surface area contributed by atoms with Crippen molar-refractivity contribution in [2.75, 3.05) is 5.32 Å². The maximum Gasteiger partial charge on any atom is 0.237 e. The lowest BCUT2D eigenvalue weighted by atomic mass is 9.97. The number of ether oxygens (including phenoxy) is 1. The van der Waals surface area contributed by atoms with Gasteiger partial charge in [-0.3, -0.25) is 4.79 Å². The van der Waals surface area contributed by atoms with Crippen molar-refractivity contribution >= 4 is 35.0 Å². The van der Waals surface area contributed by atoms with E-state index in [4.69, 9.17) is 16.3 Å². The number of thioether (sulfide) groups is 1. The molecule has 0 saturated heterocycles. The van der Waals surface area contributed by atoms with Gasteiger partial charge in [0.15, 0.2) is 11.0 Å². The third-order valence-electron chi connectivity index (χ3n) is 5.13.